The van der Waals surface area contributed by atoms with Crippen LogP contribution in [0.2, 0.25) is 0 Å². The zero-order valence-electron chi connectivity index (χ0n) is 15.6. The molecule has 0 aliphatic carbocycles. The van der Waals surface area contributed by atoms with Crippen molar-refractivity contribution >= 4 is 11.9 Å². The largest absolute Gasteiger partial charge is 0.495 e. The summed E-state index contributed by atoms with van der Waals surface area (Å²) < 4.78 is 36.3. The molecule has 0 bridgehead atoms. The monoisotopic (exact) mass is 414 g/mol. The minimum Gasteiger partial charge on any atom is -0.495 e. The number of hydrogen-bond donors (Lipinski definition) is 4. The van der Waals surface area contributed by atoms with Crippen LogP contribution in [0.25, 0.3) is 0 Å². The summed E-state index contributed by atoms with van der Waals surface area (Å²) in [6.07, 6.45) is -2.55. The van der Waals surface area contributed by atoms with E-state index in [1.54, 1.807) is 0 Å². The van der Waals surface area contributed by atoms with Crippen LogP contribution >= 0.6 is 0 Å². The number of nitrogens with zero attached hydrogens (tertiary/aromatic N) is 1. The van der Waals surface area contributed by atoms with Crippen molar-refractivity contribution in [3.63, 3.8) is 0 Å². The van der Waals surface area contributed by atoms with Crippen molar-refractivity contribution in [1.29, 1.82) is 0 Å². The third-order valence-corrected chi connectivity index (χ3v) is 4.03. The lowest BCUT2D eigenvalue weighted by molar-refractivity contribution is -0.139. The molecule has 0 fully saturated rings. The highest BCUT2D eigenvalue weighted by atomic mass is 19.1. The predicted octanol–water partition coefficient (Wildman–Crippen LogP) is -0.517. The Hall–Kier alpha value is -3.02. The molecule has 9 nitrogen and oxygen atoms in total. The minimum absolute atomic E-state index is 0.00560. The van der Waals surface area contributed by atoms with Crippen LogP contribution in [0.1, 0.15) is 5.56 Å². The summed E-state index contributed by atoms with van der Waals surface area (Å²) in [4.78, 5) is 25.5. The molecule has 1 amide bonds. The van der Waals surface area contributed by atoms with E-state index in [2.05, 4.69) is 10.1 Å². The van der Waals surface area contributed by atoms with Gasteiger partial charge in [-0.25, -0.2) is 13.6 Å². The molecule has 1 unspecified atom stereocenters. The van der Waals surface area contributed by atoms with Gasteiger partial charge in [0, 0.05) is 24.4 Å². The molecule has 1 aromatic rings. The molecule has 1 aliphatic heterocycles. The average Bonchev–Trinajstić information content (AvgIpc) is 2.66. The number of β-amino-alcohol motifs (C(OH)–C–C–N with tert-alkyl or cyclic N) is 2. The fourth-order valence-corrected chi connectivity index (χ4v) is 2.68. The zero-order valence-corrected chi connectivity index (χ0v) is 15.6. The zero-order chi connectivity index (χ0) is 21.7. The first-order valence-electron chi connectivity index (χ1n) is 8.30. The van der Waals surface area contributed by atoms with Gasteiger partial charge in [0.25, 0.3) is 5.91 Å². The molecule has 0 radical (unpaired) electrons. The van der Waals surface area contributed by atoms with Gasteiger partial charge in [0.2, 0.25) is 0 Å². The van der Waals surface area contributed by atoms with Crippen molar-refractivity contribution in [2.24, 2.45) is 0 Å². The predicted molar refractivity (Wildman–Crippen MR) is 93.3 cm³/mol. The number of ether oxygens (including phenoxy) is 2. The highest BCUT2D eigenvalue weighted by Gasteiger charge is 2.37. The maximum atomic E-state index is 13.7. The maximum Gasteiger partial charge on any atom is 0.358 e. The molecule has 11 heteroatoms. The lowest BCUT2D eigenvalue weighted by Gasteiger charge is -2.32. The summed E-state index contributed by atoms with van der Waals surface area (Å²) in [5, 5.41) is 31.3. The Bertz CT molecular complexity index is 855. The molecule has 0 saturated heterocycles. The molecule has 4 N–H and O–H groups in total. The fourth-order valence-electron chi connectivity index (χ4n) is 2.68. The van der Waals surface area contributed by atoms with Gasteiger partial charge in [-0.3, -0.25) is 4.79 Å². The van der Waals surface area contributed by atoms with Crippen LogP contribution in [0.5, 0.6) is 0 Å². The number of benzene rings is 1. The van der Waals surface area contributed by atoms with E-state index in [0.717, 1.165) is 37.5 Å². The third kappa shape index (κ3) is 5.08. The van der Waals surface area contributed by atoms with Crippen LogP contribution in [0, 0.1) is 11.6 Å². The maximum absolute atomic E-state index is 13.7. The van der Waals surface area contributed by atoms with Crippen molar-refractivity contribution in [1.82, 2.24) is 10.2 Å². The number of aliphatic hydroxyl groups excluding tert-OH is 2. The van der Waals surface area contributed by atoms with Gasteiger partial charge in [-0.15, -0.1) is 0 Å². The third-order valence-electron chi connectivity index (χ3n) is 4.03. The quantitative estimate of drug-likeness (QED) is 0.347. The second-order valence-corrected chi connectivity index (χ2v) is 5.95. The van der Waals surface area contributed by atoms with E-state index in [9.17, 15) is 33.7 Å². The molecular weight excluding hydrogens is 394 g/mol. The number of carbonyl (C=O) groups is 2. The standard InChI is InChI=1S/C18H20F2N2O7/c1-28-16-14(18(27)29-2)22(8-13(23)24)7-11(15(16)25)17(26)21-6-9-3-4-10(19)5-12(9)20/h3-5,7,13,15,23-25H,6,8H2,1-2H3,(H,21,26). The van der Waals surface area contributed by atoms with E-state index < -0.39 is 42.4 Å². The number of hydrogen-bond acceptors (Lipinski definition) is 8. The van der Waals surface area contributed by atoms with Gasteiger partial charge < -0.3 is 35.0 Å². The summed E-state index contributed by atoms with van der Waals surface area (Å²) in [5.74, 6) is -3.77. The van der Waals surface area contributed by atoms with E-state index in [1.807, 2.05) is 0 Å². The number of halogens is 2. The van der Waals surface area contributed by atoms with Crippen LogP contribution in [0.4, 0.5) is 8.78 Å². The highest BCUT2D eigenvalue weighted by molar-refractivity contribution is 5.97. The summed E-state index contributed by atoms with van der Waals surface area (Å²) in [7, 11) is 2.22. The Morgan fingerprint density at radius 1 is 1.28 bits per heavy atom. The van der Waals surface area contributed by atoms with Gasteiger partial charge in [0.1, 0.15) is 17.7 Å². The Balaban J connectivity index is 2.29. The van der Waals surface area contributed by atoms with Crippen molar-refractivity contribution < 1.29 is 43.2 Å². The molecule has 29 heavy (non-hydrogen) atoms. The van der Waals surface area contributed by atoms with Crippen molar-refractivity contribution in [2.75, 3.05) is 20.8 Å². The second-order valence-electron chi connectivity index (χ2n) is 5.95. The van der Waals surface area contributed by atoms with E-state index in [4.69, 9.17) is 4.74 Å². The number of nitrogens with one attached hydrogen (secondary N) is 1. The van der Waals surface area contributed by atoms with Gasteiger partial charge in [-0.1, -0.05) is 6.07 Å². The minimum atomic E-state index is -1.89. The lowest BCUT2D eigenvalue weighted by atomic mass is 10.0. The molecule has 0 saturated carbocycles. The van der Waals surface area contributed by atoms with Gasteiger partial charge in [0.15, 0.2) is 17.7 Å². The van der Waals surface area contributed by atoms with Crippen LogP contribution in [0.3, 0.4) is 0 Å². The SMILES string of the molecule is COC(=O)C1=C(OC)C(O)C(C(=O)NCc2ccc(F)cc2F)=CN1CC(O)O. The Morgan fingerprint density at radius 3 is 2.52 bits per heavy atom. The summed E-state index contributed by atoms with van der Waals surface area (Å²) in [5.41, 5.74) is -0.625. The van der Waals surface area contributed by atoms with E-state index in [-0.39, 0.29) is 29.1 Å². The first-order valence-corrected chi connectivity index (χ1v) is 8.30. The highest BCUT2D eigenvalue weighted by Crippen LogP contribution is 2.28. The molecule has 0 aromatic heterocycles. The fraction of sp³-hybridized carbons (Fsp3) is 0.333. The Kier molecular flexibility index (Phi) is 7.26. The normalized spacial score (nSPS) is 16.6. The number of rotatable bonds is 7. The van der Waals surface area contributed by atoms with Crippen molar-refractivity contribution in [3.05, 3.63) is 58.6 Å². The van der Waals surface area contributed by atoms with Gasteiger partial charge in [-0.2, -0.15) is 0 Å². The Labute approximate surface area is 164 Å². The van der Waals surface area contributed by atoms with Crippen LogP contribution in [0.15, 0.2) is 41.4 Å². The number of aliphatic hydroxyl groups is 3. The average molecular weight is 414 g/mol. The first-order chi connectivity index (χ1) is 13.7. The number of methoxy groups -OCH3 is 2. The van der Waals surface area contributed by atoms with Gasteiger partial charge >= 0.3 is 5.97 Å². The van der Waals surface area contributed by atoms with Crippen LogP contribution in [-0.4, -0.2) is 65.3 Å². The summed E-state index contributed by atoms with van der Waals surface area (Å²) in [6.45, 7) is -0.846. The van der Waals surface area contributed by atoms with Crippen molar-refractivity contribution in [2.45, 2.75) is 18.9 Å². The van der Waals surface area contributed by atoms with E-state index in [0.29, 0.717) is 6.07 Å². The molecule has 2 rings (SSSR count). The molecule has 1 aromatic carbocycles. The molecule has 1 heterocycles. The smallest absolute Gasteiger partial charge is 0.358 e. The van der Waals surface area contributed by atoms with Crippen LogP contribution < -0.4 is 5.32 Å². The molecular formula is C18H20F2N2O7. The molecule has 0 spiro atoms. The molecule has 1 aliphatic rings. The first kappa shape index (κ1) is 22.3. The Morgan fingerprint density at radius 2 is 1.97 bits per heavy atom. The van der Waals surface area contributed by atoms with E-state index >= 15 is 0 Å². The number of amides is 1. The van der Waals surface area contributed by atoms with Gasteiger partial charge in [0.05, 0.1) is 26.3 Å². The second kappa shape index (κ2) is 9.45. The van der Waals surface area contributed by atoms with Crippen LogP contribution in [-0.2, 0) is 25.6 Å². The topological polar surface area (TPSA) is 129 Å². The van der Waals surface area contributed by atoms with E-state index in [1.165, 1.54) is 0 Å². The lowest BCUT2D eigenvalue weighted by Crippen LogP contribution is -2.42. The van der Waals surface area contributed by atoms with Crippen molar-refractivity contribution in [3.8, 4) is 0 Å². The number of esters is 1. The number of carbonyl (C=O) groups excluding carboxylic acids is 2. The van der Waals surface area contributed by atoms with Gasteiger partial charge in [-0.05, 0) is 6.07 Å². The summed E-state index contributed by atoms with van der Waals surface area (Å²) >= 11 is 0. The molecule has 1 atom stereocenters. The summed E-state index contributed by atoms with van der Waals surface area (Å²) in [6, 6.07) is 2.84. The molecule has 158 valence electrons.